The Bertz CT molecular complexity index is 670. The zero-order chi connectivity index (χ0) is 16.7. The molecule has 0 aliphatic heterocycles. The lowest BCUT2D eigenvalue weighted by Gasteiger charge is -2.09. The van der Waals surface area contributed by atoms with Crippen LogP contribution in [0, 0.1) is 24.2 Å². The zero-order valence-electron chi connectivity index (χ0n) is 14.1. The Balaban J connectivity index is 1.80. The molecule has 122 valence electrons. The van der Waals surface area contributed by atoms with E-state index >= 15 is 0 Å². The first kappa shape index (κ1) is 17.0. The zero-order valence-corrected chi connectivity index (χ0v) is 14.1. The molecule has 0 saturated carbocycles. The maximum Gasteiger partial charge on any atom is 0.185 e. The van der Waals surface area contributed by atoms with E-state index in [2.05, 4.69) is 43.2 Å². The monoisotopic (exact) mass is 312 g/mol. The Labute approximate surface area is 137 Å². The average molecular weight is 312 g/mol. The minimum Gasteiger partial charge on any atom is -0.494 e. The molecule has 0 bridgehead atoms. The third-order valence-corrected chi connectivity index (χ3v) is 3.57. The van der Waals surface area contributed by atoms with Crippen LogP contribution in [0.2, 0.25) is 0 Å². The standard InChI is InChI=1S/C18H24N4O/c1-14(2)11-18-17(13-19)20-21-22(18)9-4-5-10-23-16-8-6-7-15(3)12-16/h6-8,12,14H,4-5,9-11H2,1-3H3. The molecule has 5 heteroatoms. The van der Waals surface area contributed by atoms with Gasteiger partial charge in [0, 0.05) is 6.54 Å². The number of aryl methyl sites for hydroxylation is 2. The summed E-state index contributed by atoms with van der Waals surface area (Å²) < 4.78 is 7.61. The molecule has 0 aliphatic carbocycles. The van der Waals surface area contributed by atoms with Crippen LogP contribution in [0.15, 0.2) is 24.3 Å². The van der Waals surface area contributed by atoms with E-state index in [-0.39, 0.29) is 0 Å². The summed E-state index contributed by atoms with van der Waals surface area (Å²) in [6.45, 7) is 7.78. The molecule has 0 atom stereocenters. The lowest BCUT2D eigenvalue weighted by atomic mass is 10.1. The van der Waals surface area contributed by atoms with E-state index in [9.17, 15) is 0 Å². The van der Waals surface area contributed by atoms with Crippen molar-refractivity contribution < 1.29 is 4.74 Å². The summed E-state index contributed by atoms with van der Waals surface area (Å²) in [7, 11) is 0. The molecular formula is C18H24N4O. The summed E-state index contributed by atoms with van der Waals surface area (Å²) in [5.41, 5.74) is 2.60. The SMILES string of the molecule is Cc1cccc(OCCCCn2nnc(C#N)c2CC(C)C)c1. The van der Waals surface area contributed by atoms with Gasteiger partial charge in [-0.3, -0.25) is 0 Å². The minimum atomic E-state index is 0.453. The lowest BCUT2D eigenvalue weighted by molar-refractivity contribution is 0.300. The maximum absolute atomic E-state index is 9.12. The van der Waals surface area contributed by atoms with Crippen LogP contribution in [-0.4, -0.2) is 21.6 Å². The van der Waals surface area contributed by atoms with E-state index in [1.54, 1.807) is 0 Å². The van der Waals surface area contributed by atoms with Gasteiger partial charge in [0.2, 0.25) is 0 Å². The van der Waals surface area contributed by atoms with Crippen molar-refractivity contribution in [3.8, 4) is 11.8 Å². The molecule has 0 spiro atoms. The third-order valence-electron chi connectivity index (χ3n) is 3.57. The van der Waals surface area contributed by atoms with Gasteiger partial charge in [-0.05, 0) is 49.8 Å². The number of rotatable bonds is 8. The van der Waals surface area contributed by atoms with Crippen LogP contribution in [0.4, 0.5) is 0 Å². The largest absolute Gasteiger partial charge is 0.494 e. The highest BCUT2D eigenvalue weighted by atomic mass is 16.5. The molecule has 1 aromatic heterocycles. The first-order chi connectivity index (χ1) is 11.1. The molecule has 0 N–H and O–H groups in total. The molecule has 0 amide bonds. The van der Waals surface area contributed by atoms with Crippen molar-refractivity contribution in [3.05, 3.63) is 41.2 Å². The molecule has 2 rings (SSSR count). The number of benzene rings is 1. The Morgan fingerprint density at radius 1 is 1.30 bits per heavy atom. The van der Waals surface area contributed by atoms with Gasteiger partial charge in [0.05, 0.1) is 12.3 Å². The van der Waals surface area contributed by atoms with Crippen LogP contribution in [0.25, 0.3) is 0 Å². The van der Waals surface area contributed by atoms with Crippen molar-refractivity contribution in [1.82, 2.24) is 15.0 Å². The van der Waals surface area contributed by atoms with Gasteiger partial charge in [-0.1, -0.05) is 31.2 Å². The van der Waals surface area contributed by atoms with Crippen LogP contribution in [0.3, 0.4) is 0 Å². The van der Waals surface area contributed by atoms with Crippen molar-refractivity contribution in [3.63, 3.8) is 0 Å². The Hall–Kier alpha value is -2.35. The van der Waals surface area contributed by atoms with Crippen LogP contribution >= 0.6 is 0 Å². The number of nitriles is 1. The number of ether oxygens (including phenoxy) is 1. The van der Waals surface area contributed by atoms with E-state index in [0.717, 1.165) is 37.3 Å². The van der Waals surface area contributed by atoms with Gasteiger partial charge in [-0.2, -0.15) is 5.26 Å². The van der Waals surface area contributed by atoms with E-state index in [1.165, 1.54) is 5.56 Å². The number of nitrogens with zero attached hydrogens (tertiary/aromatic N) is 4. The summed E-state index contributed by atoms with van der Waals surface area (Å²) in [6, 6.07) is 10.2. The number of hydrogen-bond acceptors (Lipinski definition) is 4. The third kappa shape index (κ3) is 5.10. The van der Waals surface area contributed by atoms with Crippen LogP contribution in [0.5, 0.6) is 5.75 Å². The predicted molar refractivity (Wildman–Crippen MR) is 89.2 cm³/mol. The molecule has 0 fully saturated rings. The highest BCUT2D eigenvalue weighted by molar-refractivity contribution is 5.27. The first-order valence-corrected chi connectivity index (χ1v) is 8.12. The fourth-order valence-corrected chi connectivity index (χ4v) is 2.45. The fraction of sp³-hybridized carbons (Fsp3) is 0.500. The smallest absolute Gasteiger partial charge is 0.185 e. The molecule has 0 unspecified atom stereocenters. The summed E-state index contributed by atoms with van der Waals surface area (Å²) >= 11 is 0. The minimum absolute atomic E-state index is 0.453. The summed E-state index contributed by atoms with van der Waals surface area (Å²) in [5.74, 6) is 1.39. The van der Waals surface area contributed by atoms with Gasteiger partial charge < -0.3 is 4.74 Å². The molecule has 0 saturated heterocycles. The second-order valence-electron chi connectivity index (χ2n) is 6.19. The van der Waals surface area contributed by atoms with Gasteiger partial charge in [-0.15, -0.1) is 5.10 Å². The molecule has 1 heterocycles. The fourth-order valence-electron chi connectivity index (χ4n) is 2.45. The molecular weight excluding hydrogens is 288 g/mol. The van der Waals surface area contributed by atoms with Gasteiger partial charge in [0.15, 0.2) is 5.69 Å². The van der Waals surface area contributed by atoms with Crippen molar-refractivity contribution in [2.75, 3.05) is 6.61 Å². The number of hydrogen-bond donors (Lipinski definition) is 0. The van der Waals surface area contributed by atoms with Crippen LogP contribution < -0.4 is 4.74 Å². The normalized spacial score (nSPS) is 10.7. The highest BCUT2D eigenvalue weighted by Crippen LogP contribution is 2.14. The summed E-state index contributed by atoms with van der Waals surface area (Å²) in [6.07, 6.45) is 2.72. The summed E-state index contributed by atoms with van der Waals surface area (Å²) in [4.78, 5) is 0. The second kappa shape index (κ2) is 8.33. The van der Waals surface area contributed by atoms with Crippen LogP contribution in [0.1, 0.15) is 43.6 Å². The van der Waals surface area contributed by atoms with Gasteiger partial charge >= 0.3 is 0 Å². The van der Waals surface area contributed by atoms with Crippen molar-refractivity contribution >= 4 is 0 Å². The molecule has 2 aromatic rings. The van der Waals surface area contributed by atoms with Crippen molar-refractivity contribution in [2.45, 2.75) is 46.6 Å². The van der Waals surface area contributed by atoms with Gasteiger partial charge in [-0.25, -0.2) is 4.68 Å². The number of unbranched alkanes of at least 4 members (excludes halogenated alkanes) is 1. The molecule has 5 nitrogen and oxygen atoms in total. The van der Waals surface area contributed by atoms with Gasteiger partial charge in [0.1, 0.15) is 11.8 Å². The van der Waals surface area contributed by atoms with Crippen molar-refractivity contribution in [2.24, 2.45) is 5.92 Å². The van der Waals surface area contributed by atoms with Crippen LogP contribution in [-0.2, 0) is 13.0 Å². The maximum atomic E-state index is 9.12. The first-order valence-electron chi connectivity index (χ1n) is 8.12. The van der Waals surface area contributed by atoms with Gasteiger partial charge in [0.25, 0.3) is 0 Å². The predicted octanol–water partition coefficient (Wildman–Crippen LogP) is 3.52. The summed E-state index contributed by atoms with van der Waals surface area (Å²) in [5, 5.41) is 17.2. The van der Waals surface area contributed by atoms with E-state index in [4.69, 9.17) is 10.00 Å². The molecule has 23 heavy (non-hydrogen) atoms. The second-order valence-corrected chi connectivity index (χ2v) is 6.19. The van der Waals surface area contributed by atoms with E-state index in [0.29, 0.717) is 18.2 Å². The molecule has 1 aromatic carbocycles. The highest BCUT2D eigenvalue weighted by Gasteiger charge is 2.13. The Morgan fingerprint density at radius 3 is 2.83 bits per heavy atom. The lowest BCUT2D eigenvalue weighted by Crippen LogP contribution is -2.10. The quantitative estimate of drug-likeness (QED) is 0.700. The molecule has 0 radical (unpaired) electrons. The number of aromatic nitrogens is 3. The molecule has 0 aliphatic rings. The topological polar surface area (TPSA) is 63.7 Å². The van der Waals surface area contributed by atoms with E-state index in [1.807, 2.05) is 22.9 Å². The Morgan fingerprint density at radius 2 is 2.13 bits per heavy atom. The van der Waals surface area contributed by atoms with Crippen molar-refractivity contribution in [1.29, 1.82) is 5.26 Å². The Kier molecular flexibility index (Phi) is 6.16. The average Bonchev–Trinajstić information content (AvgIpc) is 2.88. The van der Waals surface area contributed by atoms with E-state index < -0.39 is 0 Å².